The van der Waals surface area contributed by atoms with Gasteiger partial charge in [-0.15, -0.1) is 0 Å². The lowest BCUT2D eigenvalue weighted by Gasteiger charge is -2.10. The highest BCUT2D eigenvalue weighted by atomic mass is 16.5. The SMILES string of the molecule is COCCOc1ccccc1-c1cnc[nH]c1=O. The molecule has 1 aromatic heterocycles. The van der Waals surface area contributed by atoms with Gasteiger partial charge in [0.05, 0.1) is 18.5 Å². The molecule has 1 aromatic carbocycles. The lowest BCUT2D eigenvalue weighted by Crippen LogP contribution is -2.10. The Hall–Kier alpha value is -2.14. The number of nitrogens with zero attached hydrogens (tertiary/aromatic N) is 1. The van der Waals surface area contributed by atoms with E-state index in [1.807, 2.05) is 24.3 Å². The first-order chi connectivity index (χ1) is 8.83. The third-order valence-electron chi connectivity index (χ3n) is 2.44. The van der Waals surface area contributed by atoms with Gasteiger partial charge in [0.1, 0.15) is 12.4 Å². The Kier molecular flexibility index (Phi) is 4.09. The van der Waals surface area contributed by atoms with Crippen LogP contribution in [0.1, 0.15) is 0 Å². The fourth-order valence-electron chi connectivity index (χ4n) is 1.59. The first-order valence-electron chi connectivity index (χ1n) is 5.56. The highest BCUT2D eigenvalue weighted by molar-refractivity contribution is 5.68. The summed E-state index contributed by atoms with van der Waals surface area (Å²) in [7, 11) is 1.61. The summed E-state index contributed by atoms with van der Waals surface area (Å²) in [5, 5.41) is 0. The van der Waals surface area contributed by atoms with Crippen molar-refractivity contribution in [2.45, 2.75) is 0 Å². The van der Waals surface area contributed by atoms with Crippen molar-refractivity contribution < 1.29 is 9.47 Å². The third-order valence-corrected chi connectivity index (χ3v) is 2.44. The predicted molar refractivity (Wildman–Crippen MR) is 67.7 cm³/mol. The molecule has 0 aliphatic carbocycles. The molecule has 5 heteroatoms. The van der Waals surface area contributed by atoms with Crippen LogP contribution in [0.5, 0.6) is 5.75 Å². The molecule has 0 spiro atoms. The van der Waals surface area contributed by atoms with Crippen LogP contribution in [-0.2, 0) is 4.74 Å². The van der Waals surface area contributed by atoms with Crippen molar-refractivity contribution in [1.29, 1.82) is 0 Å². The van der Waals surface area contributed by atoms with Crippen molar-refractivity contribution in [2.24, 2.45) is 0 Å². The van der Waals surface area contributed by atoms with Gasteiger partial charge in [0.25, 0.3) is 5.56 Å². The van der Waals surface area contributed by atoms with E-state index in [4.69, 9.17) is 9.47 Å². The number of para-hydroxylation sites is 1. The standard InChI is InChI=1S/C13H14N2O3/c1-17-6-7-18-12-5-3-2-4-10(12)11-8-14-9-15-13(11)16/h2-5,8-9H,6-7H2,1H3,(H,14,15,16). The van der Waals surface area contributed by atoms with Crippen molar-refractivity contribution in [2.75, 3.05) is 20.3 Å². The Morgan fingerprint density at radius 1 is 1.22 bits per heavy atom. The summed E-state index contributed by atoms with van der Waals surface area (Å²) in [6.07, 6.45) is 2.89. The van der Waals surface area contributed by atoms with Gasteiger partial charge >= 0.3 is 0 Å². The van der Waals surface area contributed by atoms with Crippen LogP contribution >= 0.6 is 0 Å². The Labute approximate surface area is 104 Å². The first kappa shape index (κ1) is 12.3. The summed E-state index contributed by atoms with van der Waals surface area (Å²) >= 11 is 0. The number of aromatic amines is 1. The molecular weight excluding hydrogens is 232 g/mol. The Morgan fingerprint density at radius 3 is 2.83 bits per heavy atom. The maximum absolute atomic E-state index is 11.7. The van der Waals surface area contributed by atoms with Crippen LogP contribution in [-0.4, -0.2) is 30.3 Å². The minimum absolute atomic E-state index is 0.187. The number of methoxy groups -OCH3 is 1. The highest BCUT2D eigenvalue weighted by Crippen LogP contribution is 2.26. The number of H-pyrrole nitrogens is 1. The van der Waals surface area contributed by atoms with Crippen LogP contribution in [0.2, 0.25) is 0 Å². The van der Waals surface area contributed by atoms with Gasteiger partial charge in [-0.2, -0.15) is 0 Å². The number of benzene rings is 1. The molecule has 0 aliphatic rings. The van der Waals surface area contributed by atoms with E-state index >= 15 is 0 Å². The summed E-state index contributed by atoms with van der Waals surface area (Å²) in [6.45, 7) is 0.934. The summed E-state index contributed by atoms with van der Waals surface area (Å²) in [4.78, 5) is 18.2. The minimum atomic E-state index is -0.187. The van der Waals surface area contributed by atoms with Crippen LogP contribution < -0.4 is 10.3 Å². The van der Waals surface area contributed by atoms with Gasteiger partial charge in [-0.05, 0) is 6.07 Å². The molecular formula is C13H14N2O3. The fraction of sp³-hybridized carbons (Fsp3) is 0.231. The normalized spacial score (nSPS) is 10.3. The maximum Gasteiger partial charge on any atom is 0.258 e. The molecule has 0 radical (unpaired) electrons. The van der Waals surface area contributed by atoms with E-state index in [2.05, 4.69) is 9.97 Å². The lowest BCUT2D eigenvalue weighted by atomic mass is 10.1. The van der Waals surface area contributed by atoms with Gasteiger partial charge in [-0.25, -0.2) is 4.98 Å². The fourth-order valence-corrected chi connectivity index (χ4v) is 1.59. The van der Waals surface area contributed by atoms with Gasteiger partial charge in [0.2, 0.25) is 0 Å². The van der Waals surface area contributed by atoms with Crippen LogP contribution in [0.15, 0.2) is 41.6 Å². The Balaban J connectivity index is 2.33. The van der Waals surface area contributed by atoms with Crippen molar-refractivity contribution in [1.82, 2.24) is 9.97 Å². The quantitative estimate of drug-likeness (QED) is 0.811. The summed E-state index contributed by atoms with van der Waals surface area (Å²) in [5.74, 6) is 0.646. The largest absolute Gasteiger partial charge is 0.491 e. The lowest BCUT2D eigenvalue weighted by molar-refractivity contribution is 0.146. The van der Waals surface area contributed by atoms with E-state index in [-0.39, 0.29) is 5.56 Å². The molecule has 2 aromatic rings. The third kappa shape index (κ3) is 2.75. The predicted octanol–water partition coefficient (Wildman–Crippen LogP) is 1.46. The van der Waals surface area contributed by atoms with E-state index in [0.717, 1.165) is 5.56 Å². The van der Waals surface area contributed by atoms with Gasteiger partial charge < -0.3 is 14.5 Å². The molecule has 0 saturated heterocycles. The zero-order valence-electron chi connectivity index (χ0n) is 10.1. The van der Waals surface area contributed by atoms with Crippen molar-refractivity contribution in [3.8, 4) is 16.9 Å². The van der Waals surface area contributed by atoms with Crippen LogP contribution in [0.4, 0.5) is 0 Å². The van der Waals surface area contributed by atoms with E-state index in [9.17, 15) is 4.79 Å². The first-order valence-corrected chi connectivity index (χ1v) is 5.56. The molecule has 94 valence electrons. The van der Waals surface area contributed by atoms with Crippen LogP contribution in [0.25, 0.3) is 11.1 Å². The average molecular weight is 246 g/mol. The molecule has 0 aliphatic heterocycles. The molecule has 0 fully saturated rings. The van der Waals surface area contributed by atoms with E-state index in [0.29, 0.717) is 24.5 Å². The summed E-state index contributed by atoms with van der Waals surface area (Å²) < 4.78 is 10.5. The Morgan fingerprint density at radius 2 is 2.06 bits per heavy atom. The average Bonchev–Trinajstić information content (AvgIpc) is 2.40. The van der Waals surface area contributed by atoms with Crippen LogP contribution in [0.3, 0.4) is 0 Å². The monoisotopic (exact) mass is 246 g/mol. The molecule has 0 bridgehead atoms. The number of ether oxygens (including phenoxy) is 2. The van der Waals surface area contributed by atoms with Gasteiger partial charge in [-0.3, -0.25) is 4.79 Å². The zero-order valence-corrected chi connectivity index (χ0v) is 10.1. The number of hydrogen-bond donors (Lipinski definition) is 1. The second-order valence-electron chi connectivity index (χ2n) is 3.63. The summed E-state index contributed by atoms with van der Waals surface area (Å²) in [5.41, 5.74) is 1.03. The van der Waals surface area contributed by atoms with Crippen molar-refractivity contribution in [3.63, 3.8) is 0 Å². The number of hydrogen-bond acceptors (Lipinski definition) is 4. The second-order valence-corrected chi connectivity index (χ2v) is 3.63. The number of aromatic nitrogens is 2. The molecule has 5 nitrogen and oxygen atoms in total. The topological polar surface area (TPSA) is 64.2 Å². The maximum atomic E-state index is 11.7. The molecule has 0 atom stereocenters. The molecule has 1 heterocycles. The van der Waals surface area contributed by atoms with Crippen LogP contribution in [0, 0.1) is 0 Å². The minimum Gasteiger partial charge on any atom is -0.491 e. The van der Waals surface area contributed by atoms with Gasteiger partial charge in [-0.1, -0.05) is 18.2 Å². The summed E-state index contributed by atoms with van der Waals surface area (Å²) in [6, 6.07) is 7.35. The Bertz CT molecular complexity index is 566. The molecule has 0 amide bonds. The molecule has 1 N–H and O–H groups in total. The molecule has 18 heavy (non-hydrogen) atoms. The number of nitrogens with one attached hydrogen (secondary N) is 1. The number of rotatable bonds is 5. The highest BCUT2D eigenvalue weighted by Gasteiger charge is 2.09. The zero-order chi connectivity index (χ0) is 12.8. The second kappa shape index (κ2) is 5.97. The van der Waals surface area contributed by atoms with Crippen molar-refractivity contribution in [3.05, 3.63) is 47.1 Å². The van der Waals surface area contributed by atoms with Gasteiger partial charge in [0.15, 0.2) is 0 Å². The molecule has 2 rings (SSSR count). The smallest absolute Gasteiger partial charge is 0.258 e. The van der Waals surface area contributed by atoms with Crippen molar-refractivity contribution >= 4 is 0 Å². The van der Waals surface area contributed by atoms with E-state index in [1.165, 1.54) is 12.5 Å². The molecule has 0 unspecified atom stereocenters. The van der Waals surface area contributed by atoms with E-state index in [1.54, 1.807) is 7.11 Å². The van der Waals surface area contributed by atoms with E-state index < -0.39 is 0 Å². The van der Waals surface area contributed by atoms with Gasteiger partial charge in [0, 0.05) is 18.9 Å². The molecule has 0 saturated carbocycles.